The second-order valence-corrected chi connectivity index (χ2v) is 6.24. The Morgan fingerprint density at radius 1 is 1.57 bits per heavy atom. The van der Waals surface area contributed by atoms with Crippen LogP contribution in [-0.4, -0.2) is 55.3 Å². The molecule has 2 aliphatic heterocycles. The van der Waals surface area contributed by atoms with Crippen LogP contribution in [0.4, 0.5) is 4.39 Å². The lowest BCUT2D eigenvalue weighted by atomic mass is 10.2. The number of halogens is 1. The Kier molecular flexibility index (Phi) is 5.13. The maximum atomic E-state index is 13.1. The zero-order chi connectivity index (χ0) is 16.2. The molecule has 2 heterocycles. The molecule has 1 amide bonds. The molecule has 1 aromatic rings. The molecular weight excluding hydrogens is 299 g/mol. The minimum atomic E-state index is -0.411. The normalized spacial score (nSPS) is 25.7. The summed E-state index contributed by atoms with van der Waals surface area (Å²) in [5, 5.41) is 2.86. The van der Waals surface area contributed by atoms with Gasteiger partial charge in [-0.15, -0.1) is 0 Å². The first-order chi connectivity index (χ1) is 11.1. The molecule has 0 bridgehead atoms. The van der Waals surface area contributed by atoms with Crippen molar-refractivity contribution in [3.63, 3.8) is 0 Å². The number of nitrogens with one attached hydrogen (secondary N) is 1. The SMILES string of the molecule is CC(CNC(=O)C1CN2CCCC2CO1)Oc1cccc(F)c1. The minimum absolute atomic E-state index is 0.106. The van der Waals surface area contributed by atoms with Crippen molar-refractivity contribution in [3.8, 4) is 5.75 Å². The van der Waals surface area contributed by atoms with Gasteiger partial charge in [0.2, 0.25) is 0 Å². The maximum absolute atomic E-state index is 13.1. The summed E-state index contributed by atoms with van der Waals surface area (Å²) in [5.41, 5.74) is 0. The molecule has 126 valence electrons. The monoisotopic (exact) mass is 322 g/mol. The van der Waals surface area contributed by atoms with Gasteiger partial charge in [0.1, 0.15) is 23.8 Å². The van der Waals surface area contributed by atoms with Gasteiger partial charge in [0.25, 0.3) is 5.91 Å². The second kappa shape index (κ2) is 7.27. The molecule has 6 heteroatoms. The third kappa shape index (κ3) is 4.20. The Hall–Kier alpha value is -1.66. The number of amides is 1. The molecule has 0 aromatic heterocycles. The average molecular weight is 322 g/mol. The van der Waals surface area contributed by atoms with Crippen LogP contribution in [0.3, 0.4) is 0 Å². The summed E-state index contributed by atoms with van der Waals surface area (Å²) < 4.78 is 24.4. The van der Waals surface area contributed by atoms with Gasteiger partial charge in [0, 0.05) is 18.7 Å². The summed E-state index contributed by atoms with van der Waals surface area (Å²) in [5.74, 6) is 0.0140. The minimum Gasteiger partial charge on any atom is -0.489 e. The first-order valence-corrected chi connectivity index (χ1v) is 8.17. The van der Waals surface area contributed by atoms with Gasteiger partial charge in [-0.05, 0) is 38.4 Å². The second-order valence-electron chi connectivity index (χ2n) is 6.24. The molecule has 0 spiro atoms. The van der Waals surface area contributed by atoms with E-state index in [0.29, 0.717) is 31.5 Å². The van der Waals surface area contributed by atoms with Crippen molar-refractivity contribution >= 4 is 5.91 Å². The highest BCUT2D eigenvalue weighted by atomic mass is 19.1. The summed E-state index contributed by atoms with van der Waals surface area (Å²) in [4.78, 5) is 14.6. The smallest absolute Gasteiger partial charge is 0.250 e. The molecule has 1 aromatic carbocycles. The molecule has 0 radical (unpaired) electrons. The van der Waals surface area contributed by atoms with Crippen molar-refractivity contribution in [2.24, 2.45) is 0 Å². The van der Waals surface area contributed by atoms with Gasteiger partial charge in [-0.1, -0.05) is 6.07 Å². The topological polar surface area (TPSA) is 50.8 Å². The van der Waals surface area contributed by atoms with Gasteiger partial charge in [0.05, 0.1) is 13.2 Å². The van der Waals surface area contributed by atoms with E-state index in [0.717, 1.165) is 13.0 Å². The van der Waals surface area contributed by atoms with Gasteiger partial charge in [-0.3, -0.25) is 9.69 Å². The first kappa shape index (κ1) is 16.2. The number of fused-ring (bicyclic) bond motifs is 1. The summed E-state index contributed by atoms with van der Waals surface area (Å²) in [6.07, 6.45) is 1.68. The van der Waals surface area contributed by atoms with Crippen molar-refractivity contribution < 1.29 is 18.7 Å². The Morgan fingerprint density at radius 2 is 2.43 bits per heavy atom. The van der Waals surface area contributed by atoms with Crippen LogP contribution in [0.5, 0.6) is 5.75 Å². The summed E-state index contributed by atoms with van der Waals surface area (Å²) >= 11 is 0. The number of carbonyl (C=O) groups excluding carboxylic acids is 1. The predicted octanol–water partition coefficient (Wildman–Crippen LogP) is 1.57. The average Bonchev–Trinajstić information content (AvgIpc) is 3.00. The van der Waals surface area contributed by atoms with Crippen molar-refractivity contribution in [1.82, 2.24) is 10.2 Å². The van der Waals surface area contributed by atoms with Crippen LogP contribution in [0.1, 0.15) is 19.8 Å². The molecule has 3 rings (SSSR count). The van der Waals surface area contributed by atoms with Crippen LogP contribution in [0.2, 0.25) is 0 Å². The van der Waals surface area contributed by atoms with E-state index in [1.807, 2.05) is 6.92 Å². The summed E-state index contributed by atoms with van der Waals surface area (Å²) in [6.45, 7) is 4.54. The van der Waals surface area contributed by atoms with Crippen molar-refractivity contribution in [2.75, 3.05) is 26.2 Å². The predicted molar refractivity (Wildman–Crippen MR) is 83.8 cm³/mol. The van der Waals surface area contributed by atoms with Crippen LogP contribution in [-0.2, 0) is 9.53 Å². The lowest BCUT2D eigenvalue weighted by Gasteiger charge is -2.34. The quantitative estimate of drug-likeness (QED) is 0.894. The Balaban J connectivity index is 1.43. The van der Waals surface area contributed by atoms with Gasteiger partial charge in [0.15, 0.2) is 0 Å². The van der Waals surface area contributed by atoms with Crippen LogP contribution >= 0.6 is 0 Å². The number of nitrogens with zero attached hydrogens (tertiary/aromatic N) is 1. The molecular formula is C17H23FN2O3. The number of carbonyl (C=O) groups is 1. The maximum Gasteiger partial charge on any atom is 0.250 e. The lowest BCUT2D eigenvalue weighted by molar-refractivity contribution is -0.140. The number of benzene rings is 1. The number of ether oxygens (including phenoxy) is 2. The van der Waals surface area contributed by atoms with Gasteiger partial charge in [-0.2, -0.15) is 0 Å². The number of hydrogen-bond acceptors (Lipinski definition) is 4. The molecule has 0 saturated carbocycles. The fraction of sp³-hybridized carbons (Fsp3) is 0.588. The number of rotatable bonds is 5. The van der Waals surface area contributed by atoms with E-state index in [-0.39, 0.29) is 17.8 Å². The fourth-order valence-corrected chi connectivity index (χ4v) is 3.15. The number of morpholine rings is 1. The fourth-order valence-electron chi connectivity index (χ4n) is 3.15. The molecule has 2 aliphatic rings. The lowest BCUT2D eigenvalue weighted by Crippen LogP contribution is -2.52. The zero-order valence-electron chi connectivity index (χ0n) is 13.3. The molecule has 23 heavy (non-hydrogen) atoms. The molecule has 2 fully saturated rings. The van der Waals surface area contributed by atoms with E-state index < -0.39 is 6.10 Å². The highest BCUT2D eigenvalue weighted by Crippen LogP contribution is 2.22. The third-order valence-electron chi connectivity index (χ3n) is 4.38. The van der Waals surface area contributed by atoms with Crippen molar-refractivity contribution in [2.45, 2.75) is 38.0 Å². The van der Waals surface area contributed by atoms with E-state index in [2.05, 4.69) is 10.2 Å². The largest absolute Gasteiger partial charge is 0.489 e. The van der Waals surface area contributed by atoms with E-state index in [9.17, 15) is 9.18 Å². The first-order valence-electron chi connectivity index (χ1n) is 8.17. The van der Waals surface area contributed by atoms with Gasteiger partial charge in [-0.25, -0.2) is 4.39 Å². The van der Waals surface area contributed by atoms with E-state index >= 15 is 0 Å². The van der Waals surface area contributed by atoms with E-state index in [1.165, 1.54) is 18.6 Å². The standard InChI is InChI=1S/C17H23FN2O3/c1-12(23-15-6-2-4-13(18)8-15)9-19-17(21)16-10-20-7-3-5-14(20)11-22-16/h2,4,6,8,12,14,16H,3,5,7,9-11H2,1H3,(H,19,21). The van der Waals surface area contributed by atoms with E-state index in [4.69, 9.17) is 9.47 Å². The molecule has 1 N–H and O–H groups in total. The number of hydrogen-bond donors (Lipinski definition) is 1. The Morgan fingerprint density at radius 3 is 3.26 bits per heavy atom. The van der Waals surface area contributed by atoms with Crippen LogP contribution < -0.4 is 10.1 Å². The molecule has 2 saturated heterocycles. The molecule has 3 unspecified atom stereocenters. The van der Waals surface area contributed by atoms with Crippen LogP contribution in [0.25, 0.3) is 0 Å². The summed E-state index contributed by atoms with van der Waals surface area (Å²) in [7, 11) is 0. The zero-order valence-corrected chi connectivity index (χ0v) is 13.3. The van der Waals surface area contributed by atoms with Crippen LogP contribution in [0, 0.1) is 5.82 Å². The molecule has 5 nitrogen and oxygen atoms in total. The summed E-state index contributed by atoms with van der Waals surface area (Å²) in [6, 6.07) is 6.47. The van der Waals surface area contributed by atoms with Crippen molar-refractivity contribution in [3.05, 3.63) is 30.1 Å². The van der Waals surface area contributed by atoms with Gasteiger partial charge >= 0.3 is 0 Å². The molecule has 0 aliphatic carbocycles. The Bertz CT molecular complexity index is 554. The highest BCUT2D eigenvalue weighted by molar-refractivity contribution is 5.81. The van der Waals surface area contributed by atoms with Gasteiger partial charge < -0.3 is 14.8 Å². The molecule has 3 atom stereocenters. The van der Waals surface area contributed by atoms with Crippen molar-refractivity contribution in [1.29, 1.82) is 0 Å². The van der Waals surface area contributed by atoms with E-state index in [1.54, 1.807) is 12.1 Å². The third-order valence-corrected chi connectivity index (χ3v) is 4.38. The highest BCUT2D eigenvalue weighted by Gasteiger charge is 2.35. The Labute approximate surface area is 135 Å². The van der Waals surface area contributed by atoms with Crippen LogP contribution in [0.15, 0.2) is 24.3 Å².